The molecular formula is C13H15N3S2. The Labute approximate surface area is 115 Å². The SMILES string of the molecule is c1csc(CN(c2nc(C3CC3)ns2)C2CC2)c1. The molecule has 0 aromatic carbocycles. The van der Waals surface area contributed by atoms with Gasteiger partial charge >= 0.3 is 0 Å². The molecule has 2 saturated carbocycles. The van der Waals surface area contributed by atoms with Crippen LogP contribution in [-0.2, 0) is 6.54 Å². The van der Waals surface area contributed by atoms with Crippen LogP contribution in [0.15, 0.2) is 17.5 Å². The lowest BCUT2D eigenvalue weighted by Gasteiger charge is -2.19. The molecule has 0 spiro atoms. The predicted molar refractivity (Wildman–Crippen MR) is 75.4 cm³/mol. The summed E-state index contributed by atoms with van der Waals surface area (Å²) in [6.45, 7) is 1.00. The summed E-state index contributed by atoms with van der Waals surface area (Å²) in [5.41, 5.74) is 0. The van der Waals surface area contributed by atoms with E-state index in [4.69, 9.17) is 4.98 Å². The van der Waals surface area contributed by atoms with Gasteiger partial charge in [-0.3, -0.25) is 0 Å². The molecule has 0 amide bonds. The van der Waals surface area contributed by atoms with E-state index in [0.717, 1.165) is 17.5 Å². The molecule has 0 saturated heterocycles. The largest absolute Gasteiger partial charge is 0.339 e. The van der Waals surface area contributed by atoms with E-state index in [0.29, 0.717) is 12.0 Å². The van der Waals surface area contributed by atoms with Crippen molar-refractivity contribution in [3.63, 3.8) is 0 Å². The fraction of sp³-hybridized carbons (Fsp3) is 0.538. The maximum absolute atomic E-state index is 4.75. The Morgan fingerprint density at radius 2 is 2.17 bits per heavy atom. The molecule has 0 aliphatic heterocycles. The van der Waals surface area contributed by atoms with Crippen molar-refractivity contribution in [2.24, 2.45) is 0 Å². The van der Waals surface area contributed by atoms with Crippen molar-refractivity contribution < 1.29 is 0 Å². The van der Waals surface area contributed by atoms with E-state index in [1.807, 2.05) is 11.3 Å². The summed E-state index contributed by atoms with van der Waals surface area (Å²) in [6.07, 6.45) is 5.18. The smallest absolute Gasteiger partial charge is 0.205 e. The third-order valence-corrected chi connectivity index (χ3v) is 5.14. The van der Waals surface area contributed by atoms with Gasteiger partial charge in [0.25, 0.3) is 0 Å². The van der Waals surface area contributed by atoms with Crippen LogP contribution in [0.1, 0.15) is 42.3 Å². The molecule has 0 N–H and O–H groups in total. The highest BCUT2D eigenvalue weighted by atomic mass is 32.1. The Balaban J connectivity index is 1.56. The molecule has 2 aromatic heterocycles. The van der Waals surface area contributed by atoms with E-state index in [1.165, 1.54) is 30.6 Å². The monoisotopic (exact) mass is 277 g/mol. The molecule has 94 valence electrons. The van der Waals surface area contributed by atoms with Gasteiger partial charge < -0.3 is 4.90 Å². The van der Waals surface area contributed by atoms with Gasteiger partial charge in [-0.2, -0.15) is 4.37 Å². The normalized spacial score (nSPS) is 19.1. The minimum Gasteiger partial charge on any atom is -0.339 e. The molecule has 2 heterocycles. The van der Waals surface area contributed by atoms with Gasteiger partial charge in [-0.1, -0.05) is 6.07 Å². The summed E-state index contributed by atoms with van der Waals surface area (Å²) >= 11 is 3.42. The second-order valence-electron chi connectivity index (χ2n) is 5.15. The predicted octanol–water partition coefficient (Wildman–Crippen LogP) is 3.65. The van der Waals surface area contributed by atoms with Crippen molar-refractivity contribution >= 4 is 28.0 Å². The molecule has 2 aliphatic carbocycles. The Morgan fingerprint density at radius 3 is 2.83 bits per heavy atom. The van der Waals surface area contributed by atoms with Crippen LogP contribution >= 0.6 is 22.9 Å². The first-order valence-electron chi connectivity index (χ1n) is 6.53. The number of hydrogen-bond acceptors (Lipinski definition) is 5. The van der Waals surface area contributed by atoms with Gasteiger partial charge in [-0.25, -0.2) is 4.98 Å². The Morgan fingerprint density at radius 1 is 1.28 bits per heavy atom. The number of aromatic nitrogens is 2. The van der Waals surface area contributed by atoms with Crippen LogP contribution in [0, 0.1) is 0 Å². The van der Waals surface area contributed by atoms with Gasteiger partial charge in [-0.15, -0.1) is 11.3 Å². The zero-order valence-electron chi connectivity index (χ0n) is 10.1. The summed E-state index contributed by atoms with van der Waals surface area (Å²) in [7, 11) is 0. The fourth-order valence-electron chi connectivity index (χ4n) is 2.16. The zero-order chi connectivity index (χ0) is 11.9. The maximum Gasteiger partial charge on any atom is 0.205 e. The zero-order valence-corrected chi connectivity index (χ0v) is 11.7. The molecule has 2 fully saturated rings. The summed E-state index contributed by atoms with van der Waals surface area (Å²) < 4.78 is 4.53. The van der Waals surface area contributed by atoms with Crippen molar-refractivity contribution in [3.05, 3.63) is 28.2 Å². The minimum absolute atomic E-state index is 0.665. The number of rotatable bonds is 5. The van der Waals surface area contributed by atoms with E-state index in [2.05, 4.69) is 26.8 Å². The first kappa shape index (κ1) is 10.9. The van der Waals surface area contributed by atoms with Crippen LogP contribution in [0.25, 0.3) is 0 Å². The van der Waals surface area contributed by atoms with Crippen LogP contribution in [0.5, 0.6) is 0 Å². The topological polar surface area (TPSA) is 29.0 Å². The fourth-order valence-corrected chi connectivity index (χ4v) is 3.68. The van der Waals surface area contributed by atoms with Crippen LogP contribution in [-0.4, -0.2) is 15.4 Å². The molecule has 0 unspecified atom stereocenters. The van der Waals surface area contributed by atoms with Crippen molar-refractivity contribution in [1.29, 1.82) is 0 Å². The van der Waals surface area contributed by atoms with E-state index in [-0.39, 0.29) is 0 Å². The Hall–Kier alpha value is -0.940. The number of thiophene rings is 1. The van der Waals surface area contributed by atoms with E-state index >= 15 is 0 Å². The van der Waals surface area contributed by atoms with Gasteiger partial charge in [0.15, 0.2) is 0 Å². The summed E-state index contributed by atoms with van der Waals surface area (Å²) in [5, 5.41) is 3.28. The molecule has 0 atom stereocenters. The van der Waals surface area contributed by atoms with Crippen molar-refractivity contribution in [1.82, 2.24) is 9.36 Å². The quantitative estimate of drug-likeness (QED) is 0.835. The van der Waals surface area contributed by atoms with Crippen LogP contribution < -0.4 is 4.90 Å². The third-order valence-electron chi connectivity index (χ3n) is 3.51. The Kier molecular flexibility index (Phi) is 2.62. The highest BCUT2D eigenvalue weighted by Crippen LogP contribution is 2.41. The number of anilines is 1. The molecule has 3 nitrogen and oxygen atoms in total. The molecule has 0 bridgehead atoms. The van der Waals surface area contributed by atoms with E-state index in [1.54, 1.807) is 11.5 Å². The number of hydrogen-bond donors (Lipinski definition) is 0. The Bertz CT molecular complexity index is 526. The molecule has 2 aliphatic rings. The van der Waals surface area contributed by atoms with E-state index in [9.17, 15) is 0 Å². The second kappa shape index (κ2) is 4.31. The van der Waals surface area contributed by atoms with Gasteiger partial charge in [0.2, 0.25) is 5.13 Å². The molecule has 0 radical (unpaired) electrons. The van der Waals surface area contributed by atoms with Gasteiger partial charge in [-0.05, 0) is 37.1 Å². The molecule has 5 heteroatoms. The summed E-state index contributed by atoms with van der Waals surface area (Å²) in [5.74, 6) is 1.75. The van der Waals surface area contributed by atoms with Gasteiger partial charge in [0.1, 0.15) is 5.82 Å². The lowest BCUT2D eigenvalue weighted by Crippen LogP contribution is -2.24. The molecule has 18 heavy (non-hydrogen) atoms. The van der Waals surface area contributed by atoms with E-state index < -0.39 is 0 Å². The maximum atomic E-state index is 4.75. The van der Waals surface area contributed by atoms with Crippen molar-refractivity contribution in [2.75, 3.05) is 4.90 Å². The highest BCUT2D eigenvalue weighted by molar-refractivity contribution is 7.10. The lowest BCUT2D eigenvalue weighted by molar-refractivity contribution is 0.793. The van der Waals surface area contributed by atoms with Crippen LogP contribution in [0.4, 0.5) is 5.13 Å². The molecule has 2 aromatic rings. The highest BCUT2D eigenvalue weighted by Gasteiger charge is 2.33. The van der Waals surface area contributed by atoms with Gasteiger partial charge in [0, 0.05) is 28.4 Å². The first-order chi connectivity index (χ1) is 8.90. The first-order valence-corrected chi connectivity index (χ1v) is 8.18. The second-order valence-corrected chi connectivity index (χ2v) is 6.91. The average molecular weight is 277 g/mol. The van der Waals surface area contributed by atoms with Crippen LogP contribution in [0.2, 0.25) is 0 Å². The van der Waals surface area contributed by atoms with Gasteiger partial charge in [0.05, 0.1) is 6.54 Å². The molecule has 4 rings (SSSR count). The summed E-state index contributed by atoms with van der Waals surface area (Å²) in [4.78, 5) is 8.63. The molecular weight excluding hydrogens is 262 g/mol. The standard InChI is InChI=1S/C13H15N3S2/c1-2-11(17-7-1)8-16(10-5-6-10)13-14-12(15-18-13)9-3-4-9/h1-2,7,9-10H,3-6,8H2. The lowest BCUT2D eigenvalue weighted by atomic mass is 10.4. The van der Waals surface area contributed by atoms with Crippen LogP contribution in [0.3, 0.4) is 0 Å². The minimum atomic E-state index is 0.665. The van der Waals surface area contributed by atoms with Crippen molar-refractivity contribution in [3.8, 4) is 0 Å². The average Bonchev–Trinajstić information content (AvgIpc) is 3.30. The third kappa shape index (κ3) is 2.17. The van der Waals surface area contributed by atoms with Crippen molar-refractivity contribution in [2.45, 2.75) is 44.2 Å². The number of nitrogens with zero attached hydrogens (tertiary/aromatic N) is 3. The summed E-state index contributed by atoms with van der Waals surface area (Å²) in [6, 6.07) is 5.04.